The van der Waals surface area contributed by atoms with Gasteiger partial charge in [0.2, 0.25) is 5.91 Å². The molecule has 8 heteroatoms. The van der Waals surface area contributed by atoms with E-state index in [2.05, 4.69) is 28.5 Å². The number of hydrogen-bond acceptors (Lipinski definition) is 5. The van der Waals surface area contributed by atoms with Crippen LogP contribution in [-0.4, -0.2) is 26.4 Å². The molecule has 0 saturated carbocycles. The predicted molar refractivity (Wildman–Crippen MR) is 132 cm³/mol. The van der Waals surface area contributed by atoms with E-state index in [-0.39, 0.29) is 18.3 Å². The van der Waals surface area contributed by atoms with Crippen molar-refractivity contribution in [2.75, 3.05) is 11.1 Å². The average molecular weight is 479 g/mol. The lowest BCUT2D eigenvalue weighted by Gasteiger charge is -2.14. The summed E-state index contributed by atoms with van der Waals surface area (Å²) in [7, 11) is 0. The van der Waals surface area contributed by atoms with Crippen molar-refractivity contribution < 1.29 is 9.53 Å². The normalized spacial score (nSPS) is 10.7. The zero-order valence-corrected chi connectivity index (χ0v) is 19.6. The number of benzene rings is 3. The molecule has 0 bridgehead atoms. The highest BCUT2D eigenvalue weighted by Gasteiger charge is 2.18. The van der Waals surface area contributed by atoms with Crippen molar-refractivity contribution in [3.05, 3.63) is 95.3 Å². The predicted octanol–water partition coefficient (Wildman–Crippen LogP) is 5.79. The van der Waals surface area contributed by atoms with Gasteiger partial charge in [-0.05, 0) is 42.3 Å². The van der Waals surface area contributed by atoms with Crippen LogP contribution >= 0.6 is 23.4 Å². The molecule has 0 fully saturated rings. The molecule has 0 aliphatic carbocycles. The molecule has 0 atom stereocenters. The van der Waals surface area contributed by atoms with Crippen molar-refractivity contribution in [1.29, 1.82) is 0 Å². The molecule has 33 heavy (non-hydrogen) atoms. The van der Waals surface area contributed by atoms with Gasteiger partial charge in [0.1, 0.15) is 12.4 Å². The van der Waals surface area contributed by atoms with Crippen LogP contribution in [0.5, 0.6) is 5.75 Å². The topological polar surface area (TPSA) is 69.0 Å². The molecule has 0 aliphatic heterocycles. The third-order valence-corrected chi connectivity index (χ3v) is 6.16. The van der Waals surface area contributed by atoms with E-state index in [4.69, 9.17) is 16.3 Å². The molecule has 168 valence electrons. The maximum absolute atomic E-state index is 12.6. The maximum atomic E-state index is 12.6. The van der Waals surface area contributed by atoms with Crippen LogP contribution in [0, 0.1) is 0 Å². The number of nitrogens with zero attached hydrogens (tertiary/aromatic N) is 3. The highest BCUT2D eigenvalue weighted by molar-refractivity contribution is 7.99. The van der Waals surface area contributed by atoms with Crippen LogP contribution in [0.3, 0.4) is 0 Å². The lowest BCUT2D eigenvalue weighted by Crippen LogP contribution is -2.15. The summed E-state index contributed by atoms with van der Waals surface area (Å²) in [5.74, 6) is 1.41. The molecular weight excluding hydrogens is 456 g/mol. The first-order valence-electron chi connectivity index (χ1n) is 10.5. The summed E-state index contributed by atoms with van der Waals surface area (Å²) in [5, 5.41) is 12.7. The third kappa shape index (κ3) is 5.74. The summed E-state index contributed by atoms with van der Waals surface area (Å²) in [5.41, 5.74) is 2.71. The van der Waals surface area contributed by atoms with Gasteiger partial charge >= 0.3 is 0 Å². The average Bonchev–Trinajstić information content (AvgIpc) is 3.26. The van der Waals surface area contributed by atoms with Gasteiger partial charge in [-0.3, -0.25) is 9.36 Å². The van der Waals surface area contributed by atoms with Crippen LogP contribution in [-0.2, 0) is 17.8 Å². The largest absolute Gasteiger partial charge is 0.486 e. The minimum Gasteiger partial charge on any atom is -0.486 e. The highest BCUT2D eigenvalue weighted by Crippen LogP contribution is 2.26. The Labute approximate surface area is 202 Å². The summed E-state index contributed by atoms with van der Waals surface area (Å²) in [6, 6.07) is 24.8. The molecule has 1 heterocycles. The molecular formula is C25H23ClN4O2S. The number of hydrogen-bond donors (Lipinski definition) is 1. The van der Waals surface area contributed by atoms with E-state index in [0.717, 1.165) is 23.4 Å². The summed E-state index contributed by atoms with van der Waals surface area (Å²) in [4.78, 5) is 12.6. The van der Waals surface area contributed by atoms with Gasteiger partial charge in [-0.25, -0.2) is 0 Å². The van der Waals surface area contributed by atoms with E-state index in [1.54, 1.807) is 12.1 Å². The fourth-order valence-corrected chi connectivity index (χ4v) is 4.25. The Bertz CT molecular complexity index is 1230. The number of thioether (sulfide) groups is 1. The quantitative estimate of drug-likeness (QED) is 0.308. The smallest absolute Gasteiger partial charge is 0.234 e. The Morgan fingerprint density at radius 1 is 1.00 bits per heavy atom. The number of anilines is 1. The van der Waals surface area contributed by atoms with Gasteiger partial charge in [-0.1, -0.05) is 78.8 Å². The van der Waals surface area contributed by atoms with Crippen LogP contribution in [0.4, 0.5) is 5.69 Å². The summed E-state index contributed by atoms with van der Waals surface area (Å²) in [6.07, 6.45) is 0.852. The van der Waals surface area contributed by atoms with Crippen LogP contribution in [0.25, 0.3) is 5.69 Å². The van der Waals surface area contributed by atoms with E-state index < -0.39 is 0 Å². The van der Waals surface area contributed by atoms with Crippen molar-refractivity contribution in [1.82, 2.24) is 14.8 Å². The second-order valence-electron chi connectivity index (χ2n) is 7.13. The highest BCUT2D eigenvalue weighted by atomic mass is 35.5. The molecule has 1 amide bonds. The first-order chi connectivity index (χ1) is 16.2. The first-order valence-corrected chi connectivity index (χ1v) is 11.9. The Kier molecular flexibility index (Phi) is 7.65. The minimum absolute atomic E-state index is 0.164. The van der Waals surface area contributed by atoms with Gasteiger partial charge in [-0.15, -0.1) is 10.2 Å². The molecule has 4 rings (SSSR count). The van der Waals surface area contributed by atoms with Crippen molar-refractivity contribution in [2.45, 2.75) is 25.1 Å². The molecule has 1 N–H and O–H groups in total. The van der Waals surface area contributed by atoms with E-state index in [0.29, 0.717) is 21.7 Å². The summed E-state index contributed by atoms with van der Waals surface area (Å²) < 4.78 is 7.90. The molecule has 4 aromatic rings. The summed E-state index contributed by atoms with van der Waals surface area (Å²) >= 11 is 7.47. The number of aryl methyl sites for hydroxylation is 1. The molecule has 0 spiro atoms. The molecule has 0 unspecified atom stereocenters. The van der Waals surface area contributed by atoms with Gasteiger partial charge in [0.15, 0.2) is 11.0 Å². The van der Waals surface area contributed by atoms with Crippen LogP contribution < -0.4 is 10.1 Å². The fourth-order valence-electron chi connectivity index (χ4n) is 3.30. The fraction of sp³-hybridized carbons (Fsp3) is 0.160. The SMILES string of the molecule is CCc1ccccc1-n1c(COc2ccccc2)nnc1SCC(=O)Nc1ccccc1Cl. The van der Waals surface area contributed by atoms with E-state index in [1.807, 2.05) is 65.2 Å². The molecule has 3 aromatic carbocycles. The van der Waals surface area contributed by atoms with Gasteiger partial charge in [0.25, 0.3) is 0 Å². The van der Waals surface area contributed by atoms with Gasteiger partial charge < -0.3 is 10.1 Å². The van der Waals surface area contributed by atoms with E-state index in [9.17, 15) is 4.79 Å². The molecule has 6 nitrogen and oxygen atoms in total. The van der Waals surface area contributed by atoms with E-state index in [1.165, 1.54) is 11.8 Å². The first kappa shape index (κ1) is 22.9. The zero-order valence-electron chi connectivity index (χ0n) is 18.1. The Morgan fingerprint density at radius 2 is 1.73 bits per heavy atom. The minimum atomic E-state index is -0.173. The second kappa shape index (κ2) is 11.0. The van der Waals surface area contributed by atoms with Crippen LogP contribution in [0.2, 0.25) is 5.02 Å². The standard InChI is InChI=1S/C25H23ClN4O2S/c1-2-18-10-6-9-15-22(18)30-23(16-32-19-11-4-3-5-12-19)28-29-25(30)33-17-24(31)27-21-14-8-7-13-20(21)26/h3-15H,2,16-17H2,1H3,(H,27,31). The lowest BCUT2D eigenvalue weighted by molar-refractivity contribution is -0.113. The van der Waals surface area contributed by atoms with Gasteiger partial charge in [-0.2, -0.15) is 0 Å². The number of halogens is 1. The Hall–Kier alpha value is -3.29. The number of ether oxygens (including phenoxy) is 1. The van der Waals surface area contributed by atoms with E-state index >= 15 is 0 Å². The lowest BCUT2D eigenvalue weighted by atomic mass is 10.1. The number of carbonyl (C=O) groups excluding carboxylic acids is 1. The second-order valence-corrected chi connectivity index (χ2v) is 8.48. The monoisotopic (exact) mass is 478 g/mol. The van der Waals surface area contributed by atoms with Crippen LogP contribution in [0.1, 0.15) is 18.3 Å². The van der Waals surface area contributed by atoms with Gasteiger partial charge in [0, 0.05) is 0 Å². The number of rotatable bonds is 9. The number of amides is 1. The summed E-state index contributed by atoms with van der Waals surface area (Å²) in [6.45, 7) is 2.36. The van der Waals surface area contributed by atoms with Gasteiger partial charge in [0.05, 0.1) is 22.2 Å². The van der Waals surface area contributed by atoms with Crippen molar-refractivity contribution in [3.63, 3.8) is 0 Å². The number of carbonyl (C=O) groups is 1. The number of aromatic nitrogens is 3. The Morgan fingerprint density at radius 3 is 2.52 bits per heavy atom. The van der Waals surface area contributed by atoms with Crippen LogP contribution in [0.15, 0.2) is 84.0 Å². The number of para-hydroxylation sites is 3. The zero-order chi connectivity index (χ0) is 23.0. The van der Waals surface area contributed by atoms with Crippen molar-refractivity contribution in [2.24, 2.45) is 0 Å². The third-order valence-electron chi connectivity index (χ3n) is 4.91. The van der Waals surface area contributed by atoms with Crippen molar-refractivity contribution in [3.8, 4) is 11.4 Å². The maximum Gasteiger partial charge on any atom is 0.234 e. The number of nitrogens with one attached hydrogen (secondary N) is 1. The molecule has 0 radical (unpaired) electrons. The molecule has 0 saturated heterocycles. The molecule has 0 aliphatic rings. The molecule has 1 aromatic heterocycles. The Balaban J connectivity index is 1.56. The van der Waals surface area contributed by atoms with Crippen molar-refractivity contribution >= 4 is 35.0 Å².